The lowest BCUT2D eigenvalue weighted by Gasteiger charge is -2.22. The SMILES string of the molecule is CC(C)c1cc(Nc2ccc(OC(F)(F)F)c(Cl)c2)ncc1C(=O)NCC1CCOCC1. The van der Waals surface area contributed by atoms with Gasteiger partial charge in [-0.05, 0) is 54.5 Å². The summed E-state index contributed by atoms with van der Waals surface area (Å²) in [4.78, 5) is 17.1. The highest BCUT2D eigenvalue weighted by Crippen LogP contribution is 2.33. The van der Waals surface area contributed by atoms with Crippen molar-refractivity contribution in [2.45, 2.75) is 39.0 Å². The summed E-state index contributed by atoms with van der Waals surface area (Å²) in [6.45, 7) is 5.95. The zero-order chi connectivity index (χ0) is 23.3. The van der Waals surface area contributed by atoms with Gasteiger partial charge in [-0.1, -0.05) is 25.4 Å². The number of halogens is 4. The number of hydrogen-bond acceptors (Lipinski definition) is 5. The van der Waals surface area contributed by atoms with Gasteiger partial charge in [0.2, 0.25) is 0 Å². The lowest BCUT2D eigenvalue weighted by atomic mass is 9.97. The van der Waals surface area contributed by atoms with Crippen molar-refractivity contribution in [2.75, 3.05) is 25.1 Å². The largest absolute Gasteiger partial charge is 0.573 e. The third kappa shape index (κ3) is 6.74. The molecule has 6 nitrogen and oxygen atoms in total. The number of rotatable bonds is 7. The minimum atomic E-state index is -4.83. The van der Waals surface area contributed by atoms with Crippen LogP contribution < -0.4 is 15.4 Å². The Hall–Kier alpha value is -2.52. The summed E-state index contributed by atoms with van der Waals surface area (Å²) in [5.74, 6) is 0.218. The van der Waals surface area contributed by atoms with E-state index in [2.05, 4.69) is 20.4 Å². The molecule has 32 heavy (non-hydrogen) atoms. The van der Waals surface area contributed by atoms with Crippen LogP contribution in [0.3, 0.4) is 0 Å². The van der Waals surface area contributed by atoms with Crippen LogP contribution in [0.15, 0.2) is 30.5 Å². The molecule has 1 aromatic heterocycles. The lowest BCUT2D eigenvalue weighted by Crippen LogP contribution is -2.32. The van der Waals surface area contributed by atoms with E-state index in [0.29, 0.717) is 42.7 Å². The first-order valence-electron chi connectivity index (χ1n) is 10.3. The fourth-order valence-corrected chi connectivity index (χ4v) is 3.64. The Labute approximate surface area is 189 Å². The normalized spacial score (nSPS) is 15.0. The van der Waals surface area contributed by atoms with Crippen LogP contribution in [-0.4, -0.2) is 37.0 Å². The molecule has 1 amide bonds. The topological polar surface area (TPSA) is 72.5 Å². The number of aromatic nitrogens is 1. The summed E-state index contributed by atoms with van der Waals surface area (Å²) >= 11 is 5.90. The molecule has 0 atom stereocenters. The molecule has 0 aliphatic carbocycles. The number of carbonyl (C=O) groups excluding carboxylic acids is 1. The van der Waals surface area contributed by atoms with E-state index in [1.54, 1.807) is 6.07 Å². The maximum absolute atomic E-state index is 12.8. The first-order chi connectivity index (χ1) is 15.1. The predicted octanol–water partition coefficient (Wildman–Crippen LogP) is 5.66. The molecule has 10 heteroatoms. The predicted molar refractivity (Wildman–Crippen MR) is 116 cm³/mol. The van der Waals surface area contributed by atoms with E-state index in [0.717, 1.165) is 24.5 Å². The molecule has 2 aromatic rings. The van der Waals surface area contributed by atoms with Crippen LogP contribution in [-0.2, 0) is 4.74 Å². The molecule has 1 fully saturated rings. The molecule has 3 rings (SSSR count). The molecule has 2 N–H and O–H groups in total. The number of anilines is 2. The molecule has 2 heterocycles. The van der Waals surface area contributed by atoms with E-state index in [4.69, 9.17) is 16.3 Å². The summed E-state index contributed by atoms with van der Waals surface area (Å²) < 4.78 is 46.4. The van der Waals surface area contributed by atoms with E-state index in [1.165, 1.54) is 18.3 Å². The van der Waals surface area contributed by atoms with Gasteiger partial charge in [0.1, 0.15) is 11.6 Å². The van der Waals surface area contributed by atoms with Crippen molar-refractivity contribution in [1.29, 1.82) is 0 Å². The minimum Gasteiger partial charge on any atom is -0.404 e. The van der Waals surface area contributed by atoms with Crippen LogP contribution in [0.4, 0.5) is 24.7 Å². The molecule has 1 aliphatic rings. The number of ether oxygens (including phenoxy) is 2. The van der Waals surface area contributed by atoms with Crippen LogP contribution in [0.5, 0.6) is 5.75 Å². The Bertz CT molecular complexity index is 948. The number of benzene rings is 1. The number of alkyl halides is 3. The fraction of sp³-hybridized carbons (Fsp3) is 0.455. The average Bonchev–Trinajstić information content (AvgIpc) is 2.74. The van der Waals surface area contributed by atoms with E-state index in [9.17, 15) is 18.0 Å². The Kier molecular flexibility index (Phi) is 7.84. The van der Waals surface area contributed by atoms with Crippen molar-refractivity contribution in [1.82, 2.24) is 10.3 Å². The van der Waals surface area contributed by atoms with Crippen LogP contribution in [0.25, 0.3) is 0 Å². The Balaban J connectivity index is 1.71. The highest BCUT2D eigenvalue weighted by molar-refractivity contribution is 6.32. The van der Waals surface area contributed by atoms with Gasteiger partial charge >= 0.3 is 6.36 Å². The van der Waals surface area contributed by atoms with Gasteiger partial charge < -0.3 is 20.1 Å². The number of hydrogen-bond donors (Lipinski definition) is 2. The number of carbonyl (C=O) groups is 1. The molecule has 1 aromatic carbocycles. The monoisotopic (exact) mass is 471 g/mol. The lowest BCUT2D eigenvalue weighted by molar-refractivity contribution is -0.274. The van der Waals surface area contributed by atoms with Gasteiger partial charge in [0.15, 0.2) is 0 Å². The van der Waals surface area contributed by atoms with Crippen molar-refractivity contribution in [3.05, 3.63) is 46.6 Å². The fourth-order valence-electron chi connectivity index (χ4n) is 3.42. The molecule has 0 saturated carbocycles. The molecular formula is C22H25ClF3N3O3. The van der Waals surface area contributed by atoms with Gasteiger partial charge in [0.05, 0.1) is 10.6 Å². The van der Waals surface area contributed by atoms with Crippen molar-refractivity contribution in [2.24, 2.45) is 5.92 Å². The molecule has 0 spiro atoms. The Morgan fingerprint density at radius 2 is 2.00 bits per heavy atom. The van der Waals surface area contributed by atoms with Crippen LogP contribution in [0.1, 0.15) is 48.5 Å². The molecular weight excluding hydrogens is 447 g/mol. The molecule has 0 radical (unpaired) electrons. The summed E-state index contributed by atoms with van der Waals surface area (Å²) in [7, 11) is 0. The third-order valence-electron chi connectivity index (χ3n) is 5.12. The van der Waals surface area contributed by atoms with Gasteiger partial charge in [-0.15, -0.1) is 13.2 Å². The third-order valence-corrected chi connectivity index (χ3v) is 5.42. The standard InChI is InChI=1S/C22H25ClF3N3O3/c1-13(2)16-10-20(29-15-3-4-19(18(23)9-15)32-22(24,25)26)27-12-17(16)21(30)28-11-14-5-7-31-8-6-14/h3-4,9-10,12-14H,5-8,11H2,1-2H3,(H,27,29)(H,28,30). The second-order valence-corrected chi connectivity index (χ2v) is 8.30. The highest BCUT2D eigenvalue weighted by Gasteiger charge is 2.32. The summed E-state index contributed by atoms with van der Waals surface area (Å²) in [5.41, 5.74) is 1.73. The number of nitrogens with one attached hydrogen (secondary N) is 2. The zero-order valence-electron chi connectivity index (χ0n) is 17.8. The highest BCUT2D eigenvalue weighted by atomic mass is 35.5. The van der Waals surface area contributed by atoms with Gasteiger partial charge in [0.25, 0.3) is 5.91 Å². The summed E-state index contributed by atoms with van der Waals surface area (Å²) in [5, 5.41) is 5.80. The van der Waals surface area contributed by atoms with Crippen LogP contribution in [0.2, 0.25) is 5.02 Å². The second-order valence-electron chi connectivity index (χ2n) is 7.90. The van der Waals surface area contributed by atoms with Crippen LogP contribution in [0, 0.1) is 5.92 Å². The van der Waals surface area contributed by atoms with E-state index < -0.39 is 12.1 Å². The first kappa shape index (κ1) is 24.1. The van der Waals surface area contributed by atoms with Gasteiger partial charge in [-0.25, -0.2) is 4.98 Å². The van der Waals surface area contributed by atoms with Crippen molar-refractivity contribution < 1.29 is 27.4 Å². The molecule has 174 valence electrons. The van der Waals surface area contributed by atoms with E-state index in [1.807, 2.05) is 13.8 Å². The quantitative estimate of drug-likeness (QED) is 0.545. The Morgan fingerprint density at radius 1 is 1.28 bits per heavy atom. The van der Waals surface area contributed by atoms with Crippen molar-refractivity contribution in [3.8, 4) is 5.75 Å². The Morgan fingerprint density at radius 3 is 2.62 bits per heavy atom. The molecule has 0 unspecified atom stereocenters. The van der Waals surface area contributed by atoms with Crippen molar-refractivity contribution in [3.63, 3.8) is 0 Å². The van der Waals surface area contributed by atoms with Crippen LogP contribution >= 0.6 is 11.6 Å². The maximum atomic E-state index is 12.8. The zero-order valence-corrected chi connectivity index (χ0v) is 18.5. The van der Waals surface area contributed by atoms with E-state index >= 15 is 0 Å². The number of nitrogens with zero attached hydrogens (tertiary/aromatic N) is 1. The summed E-state index contributed by atoms with van der Waals surface area (Å²) in [6.07, 6.45) is -1.48. The minimum absolute atomic E-state index is 0.0496. The molecule has 1 aliphatic heterocycles. The second kappa shape index (κ2) is 10.4. The smallest absolute Gasteiger partial charge is 0.404 e. The molecule has 1 saturated heterocycles. The van der Waals surface area contributed by atoms with Gasteiger partial charge in [-0.2, -0.15) is 0 Å². The van der Waals surface area contributed by atoms with Gasteiger partial charge in [-0.3, -0.25) is 4.79 Å². The summed E-state index contributed by atoms with van der Waals surface area (Å²) in [6, 6.07) is 5.59. The first-order valence-corrected chi connectivity index (χ1v) is 10.7. The maximum Gasteiger partial charge on any atom is 0.573 e. The number of pyridine rings is 1. The average molecular weight is 472 g/mol. The van der Waals surface area contributed by atoms with Gasteiger partial charge in [0, 0.05) is 31.6 Å². The van der Waals surface area contributed by atoms with E-state index in [-0.39, 0.29) is 16.8 Å². The van der Waals surface area contributed by atoms with Crippen molar-refractivity contribution >= 4 is 29.0 Å². The number of amides is 1. The molecule has 0 bridgehead atoms.